The van der Waals surface area contributed by atoms with Crippen LogP contribution in [0, 0.1) is 0 Å². The highest BCUT2D eigenvalue weighted by atomic mass is 16.2. The summed E-state index contributed by atoms with van der Waals surface area (Å²) < 4.78 is 0. The highest BCUT2D eigenvalue weighted by molar-refractivity contribution is 6.08. The van der Waals surface area contributed by atoms with E-state index in [0.29, 0.717) is 24.9 Å². The fourth-order valence-corrected chi connectivity index (χ4v) is 4.97. The van der Waals surface area contributed by atoms with Crippen molar-refractivity contribution in [3.63, 3.8) is 0 Å². The van der Waals surface area contributed by atoms with E-state index in [4.69, 9.17) is 0 Å². The van der Waals surface area contributed by atoms with Crippen molar-refractivity contribution in [2.75, 3.05) is 11.9 Å². The molecule has 3 aromatic rings. The zero-order valence-corrected chi connectivity index (χ0v) is 16.5. The van der Waals surface area contributed by atoms with Gasteiger partial charge in [-0.2, -0.15) is 0 Å². The van der Waals surface area contributed by atoms with Crippen LogP contribution < -0.4 is 5.32 Å². The molecular formula is C24H22N4O2. The second-order valence-electron chi connectivity index (χ2n) is 7.89. The Morgan fingerprint density at radius 1 is 1.07 bits per heavy atom. The predicted molar refractivity (Wildman–Crippen MR) is 113 cm³/mol. The van der Waals surface area contributed by atoms with E-state index < -0.39 is 5.41 Å². The van der Waals surface area contributed by atoms with Gasteiger partial charge in [0.05, 0.1) is 17.0 Å². The molecular weight excluding hydrogens is 376 g/mol. The Hall–Kier alpha value is -3.54. The van der Waals surface area contributed by atoms with Crippen LogP contribution in [0.1, 0.15) is 34.3 Å². The average Bonchev–Trinajstić information content (AvgIpc) is 3.32. The van der Waals surface area contributed by atoms with E-state index in [1.54, 1.807) is 0 Å². The predicted octanol–water partition coefficient (Wildman–Crippen LogP) is 3.21. The number of anilines is 1. The fraction of sp³-hybridized carbons (Fsp3) is 0.250. The van der Waals surface area contributed by atoms with Crippen LogP contribution in [0.3, 0.4) is 0 Å². The first-order valence-electron chi connectivity index (χ1n) is 10.2. The molecule has 5 rings (SSSR count). The van der Waals surface area contributed by atoms with Crippen molar-refractivity contribution in [2.45, 2.75) is 30.7 Å². The lowest BCUT2D eigenvalue weighted by molar-refractivity contribution is -0.121. The van der Waals surface area contributed by atoms with Crippen molar-refractivity contribution >= 4 is 17.5 Å². The number of nitrogens with zero attached hydrogens (tertiary/aromatic N) is 3. The van der Waals surface area contributed by atoms with Crippen molar-refractivity contribution in [1.29, 1.82) is 0 Å². The van der Waals surface area contributed by atoms with Crippen molar-refractivity contribution < 1.29 is 9.59 Å². The minimum absolute atomic E-state index is 0.0126. The number of hydrogen-bond acceptors (Lipinski definition) is 4. The van der Waals surface area contributed by atoms with Gasteiger partial charge < -0.3 is 10.2 Å². The molecule has 1 saturated heterocycles. The Bertz CT molecular complexity index is 1090. The number of nitrogens with one attached hydrogen (secondary N) is 1. The van der Waals surface area contributed by atoms with Gasteiger partial charge in [0.25, 0.3) is 5.91 Å². The third kappa shape index (κ3) is 2.87. The fourth-order valence-electron chi connectivity index (χ4n) is 4.97. The van der Waals surface area contributed by atoms with Gasteiger partial charge in [-0.25, -0.2) is 9.97 Å². The first-order chi connectivity index (χ1) is 14.7. The Kier molecular flexibility index (Phi) is 4.54. The third-order valence-electron chi connectivity index (χ3n) is 6.37. The number of benzene rings is 2. The number of fused-ring (bicyclic) bond motifs is 2. The van der Waals surface area contributed by atoms with Gasteiger partial charge in [0.1, 0.15) is 6.33 Å². The first-order valence-corrected chi connectivity index (χ1v) is 10.2. The number of carbonyl (C=O) groups is 2. The van der Waals surface area contributed by atoms with E-state index in [-0.39, 0.29) is 17.9 Å². The summed E-state index contributed by atoms with van der Waals surface area (Å²) in [6.45, 7) is 0.523. The molecule has 6 heteroatoms. The van der Waals surface area contributed by atoms with Crippen molar-refractivity contribution in [3.8, 4) is 0 Å². The van der Waals surface area contributed by atoms with Gasteiger partial charge >= 0.3 is 0 Å². The monoisotopic (exact) mass is 398 g/mol. The van der Waals surface area contributed by atoms with E-state index in [1.165, 1.54) is 24.3 Å². The van der Waals surface area contributed by atoms with Crippen LogP contribution in [-0.2, 0) is 16.6 Å². The molecule has 2 aliphatic rings. The summed E-state index contributed by atoms with van der Waals surface area (Å²) in [6, 6.07) is 17.8. The summed E-state index contributed by atoms with van der Waals surface area (Å²) >= 11 is 0. The summed E-state index contributed by atoms with van der Waals surface area (Å²) in [6.07, 6.45) is 6.59. The number of amides is 2. The number of para-hydroxylation sites is 1. The molecule has 30 heavy (non-hydrogen) atoms. The lowest BCUT2D eigenvalue weighted by Gasteiger charge is -2.34. The highest BCUT2D eigenvalue weighted by Gasteiger charge is 2.58. The molecule has 2 atom stereocenters. The largest absolute Gasteiger partial charge is 0.334 e. The van der Waals surface area contributed by atoms with Crippen LogP contribution in [-0.4, -0.2) is 39.3 Å². The maximum Gasteiger partial charge on any atom is 0.257 e. The van der Waals surface area contributed by atoms with E-state index in [9.17, 15) is 9.59 Å². The molecule has 0 bridgehead atoms. The number of carbonyl (C=O) groups excluding carboxylic acids is 2. The van der Waals surface area contributed by atoms with Crippen molar-refractivity contribution in [2.24, 2.45) is 0 Å². The molecule has 0 radical (unpaired) electrons. The summed E-state index contributed by atoms with van der Waals surface area (Å²) in [5.41, 5.74) is 2.77. The number of aryl methyl sites for hydroxylation is 1. The first kappa shape index (κ1) is 18.5. The zero-order valence-electron chi connectivity index (χ0n) is 16.5. The molecule has 3 heterocycles. The third-order valence-corrected chi connectivity index (χ3v) is 6.37. The Labute approximate surface area is 175 Å². The second-order valence-corrected chi connectivity index (χ2v) is 7.89. The number of hydrogen-bond donors (Lipinski definition) is 1. The van der Waals surface area contributed by atoms with Gasteiger partial charge in [0.15, 0.2) is 0 Å². The second kappa shape index (κ2) is 7.37. The summed E-state index contributed by atoms with van der Waals surface area (Å²) in [4.78, 5) is 36.5. The minimum Gasteiger partial charge on any atom is -0.334 e. The molecule has 1 spiro atoms. The maximum atomic E-state index is 13.3. The van der Waals surface area contributed by atoms with Crippen LogP contribution in [0.5, 0.6) is 0 Å². The SMILES string of the molecule is O=C(c1cncnc1)N1CC[C@]2(C(=O)Nc3ccccc32)[C@@H]1CCc1ccccc1. The number of likely N-dealkylation sites (tertiary alicyclic amines) is 1. The standard InChI is InChI=1S/C24H22N4O2/c29-22(18-14-25-16-26-15-18)28-13-12-24(19-8-4-5-9-20(19)27-23(24)30)21(28)11-10-17-6-2-1-3-7-17/h1-9,14-16,21H,10-13H2,(H,27,30)/t21-,24+/m0/s1. The van der Waals surface area contributed by atoms with Crippen LogP contribution in [0.2, 0.25) is 0 Å². The smallest absolute Gasteiger partial charge is 0.257 e. The molecule has 1 aromatic heterocycles. The zero-order chi connectivity index (χ0) is 20.6. The summed E-state index contributed by atoms with van der Waals surface area (Å²) in [7, 11) is 0. The lowest BCUT2D eigenvalue weighted by Crippen LogP contribution is -2.49. The van der Waals surface area contributed by atoms with E-state index in [1.807, 2.05) is 47.4 Å². The van der Waals surface area contributed by atoms with Gasteiger partial charge in [-0.1, -0.05) is 48.5 Å². The average molecular weight is 398 g/mol. The normalized spacial score (nSPS) is 22.2. The number of rotatable bonds is 4. The topological polar surface area (TPSA) is 75.2 Å². The maximum absolute atomic E-state index is 13.3. The van der Waals surface area contributed by atoms with Crippen molar-refractivity contribution in [3.05, 3.63) is 90.0 Å². The molecule has 6 nitrogen and oxygen atoms in total. The Morgan fingerprint density at radius 3 is 2.60 bits per heavy atom. The van der Waals surface area contributed by atoms with Gasteiger partial charge in [-0.15, -0.1) is 0 Å². The highest BCUT2D eigenvalue weighted by Crippen LogP contribution is 2.49. The van der Waals surface area contributed by atoms with Crippen molar-refractivity contribution in [1.82, 2.24) is 14.9 Å². The van der Waals surface area contributed by atoms with Gasteiger partial charge in [-0.05, 0) is 36.5 Å². The van der Waals surface area contributed by atoms with E-state index in [2.05, 4.69) is 27.4 Å². The van der Waals surface area contributed by atoms with Gasteiger partial charge in [-0.3, -0.25) is 9.59 Å². The molecule has 2 aliphatic heterocycles. The molecule has 1 N–H and O–H groups in total. The molecule has 0 saturated carbocycles. The molecule has 2 aromatic carbocycles. The van der Waals surface area contributed by atoms with Crippen LogP contribution in [0.25, 0.3) is 0 Å². The molecule has 0 unspecified atom stereocenters. The Morgan fingerprint density at radius 2 is 1.80 bits per heavy atom. The number of aromatic nitrogens is 2. The molecule has 1 fully saturated rings. The summed E-state index contributed by atoms with van der Waals surface area (Å²) in [5, 5.41) is 3.06. The summed E-state index contributed by atoms with van der Waals surface area (Å²) in [5.74, 6) is -0.135. The van der Waals surface area contributed by atoms with Crippen LogP contribution in [0.4, 0.5) is 5.69 Å². The molecule has 0 aliphatic carbocycles. The van der Waals surface area contributed by atoms with E-state index >= 15 is 0 Å². The van der Waals surface area contributed by atoms with Gasteiger partial charge in [0.2, 0.25) is 5.91 Å². The van der Waals surface area contributed by atoms with Gasteiger partial charge in [0, 0.05) is 24.6 Å². The Balaban J connectivity index is 1.54. The van der Waals surface area contributed by atoms with Crippen LogP contribution >= 0.6 is 0 Å². The lowest BCUT2D eigenvalue weighted by atomic mass is 9.73. The minimum atomic E-state index is -0.726. The van der Waals surface area contributed by atoms with Crippen LogP contribution in [0.15, 0.2) is 73.3 Å². The molecule has 150 valence electrons. The van der Waals surface area contributed by atoms with E-state index in [0.717, 1.165) is 17.7 Å². The molecule has 2 amide bonds. The quantitative estimate of drug-likeness (QED) is 0.732.